The number of likely N-dealkylation sites (tertiary alicyclic amines) is 1. The molecule has 1 atom stereocenters. The molecule has 1 aliphatic heterocycles. The molecule has 1 aromatic heterocycles. The topological polar surface area (TPSA) is 51.0 Å². The number of aromatic nitrogens is 3. The van der Waals surface area contributed by atoms with Gasteiger partial charge in [0.15, 0.2) is 5.82 Å². The van der Waals surface area contributed by atoms with Crippen molar-refractivity contribution in [2.75, 3.05) is 6.54 Å². The Morgan fingerprint density at radius 3 is 2.52 bits per heavy atom. The summed E-state index contributed by atoms with van der Waals surface area (Å²) in [6, 6.07) is 10.2. The highest BCUT2D eigenvalue weighted by atomic mass is 16.2. The molecule has 1 saturated carbocycles. The zero-order valence-electron chi connectivity index (χ0n) is 14.7. The van der Waals surface area contributed by atoms with Crippen LogP contribution in [0.25, 0.3) is 5.69 Å². The Bertz CT molecular complexity index is 705. The second-order valence-electron chi connectivity index (χ2n) is 7.27. The van der Waals surface area contributed by atoms with E-state index in [1.807, 2.05) is 22.8 Å². The van der Waals surface area contributed by atoms with Gasteiger partial charge in [0.25, 0.3) is 0 Å². The highest BCUT2D eigenvalue weighted by molar-refractivity contribution is 5.79. The lowest BCUT2D eigenvalue weighted by molar-refractivity contribution is -0.140. The molecule has 2 fully saturated rings. The smallest absolute Gasteiger partial charge is 0.226 e. The first-order chi connectivity index (χ1) is 12.3. The standard InChI is InChI=1S/C20H26N4O/c25-20(16-9-3-1-4-10-16)23-14-8-7-13-18(23)19-22-21-15-24(19)17-11-5-2-6-12-17/h2,5-6,11-12,15-16,18H,1,3-4,7-10,13-14H2. The average Bonchev–Trinajstić information content (AvgIpc) is 3.18. The third kappa shape index (κ3) is 3.32. The molecule has 1 saturated heterocycles. The van der Waals surface area contributed by atoms with E-state index in [1.54, 1.807) is 6.33 Å². The predicted octanol–water partition coefficient (Wildman–Crippen LogP) is 3.90. The number of para-hydroxylation sites is 1. The van der Waals surface area contributed by atoms with Crippen molar-refractivity contribution in [3.8, 4) is 5.69 Å². The van der Waals surface area contributed by atoms with Gasteiger partial charge in [0.1, 0.15) is 6.33 Å². The molecule has 0 bridgehead atoms. The van der Waals surface area contributed by atoms with Gasteiger partial charge >= 0.3 is 0 Å². The van der Waals surface area contributed by atoms with Crippen LogP contribution >= 0.6 is 0 Å². The van der Waals surface area contributed by atoms with Crippen molar-refractivity contribution in [3.05, 3.63) is 42.5 Å². The third-order valence-corrected chi connectivity index (χ3v) is 5.65. The number of benzene rings is 1. The maximum absolute atomic E-state index is 13.2. The van der Waals surface area contributed by atoms with E-state index in [4.69, 9.17) is 0 Å². The maximum Gasteiger partial charge on any atom is 0.226 e. The van der Waals surface area contributed by atoms with Crippen LogP contribution < -0.4 is 0 Å². The van der Waals surface area contributed by atoms with Gasteiger partial charge in [-0.25, -0.2) is 0 Å². The van der Waals surface area contributed by atoms with Crippen LogP contribution in [0.1, 0.15) is 63.2 Å². The quantitative estimate of drug-likeness (QED) is 0.853. The van der Waals surface area contributed by atoms with Crippen LogP contribution in [0.2, 0.25) is 0 Å². The Labute approximate surface area is 149 Å². The van der Waals surface area contributed by atoms with Crippen LogP contribution in [0.15, 0.2) is 36.7 Å². The Morgan fingerprint density at radius 1 is 0.960 bits per heavy atom. The summed E-state index contributed by atoms with van der Waals surface area (Å²) in [5.41, 5.74) is 1.05. The molecule has 2 aromatic rings. The molecule has 5 nitrogen and oxygen atoms in total. The number of nitrogens with zero attached hydrogens (tertiary/aromatic N) is 4. The molecule has 132 valence electrons. The zero-order chi connectivity index (χ0) is 17.1. The Kier molecular flexibility index (Phi) is 4.81. The molecule has 1 aliphatic carbocycles. The van der Waals surface area contributed by atoms with Crippen LogP contribution in [0.4, 0.5) is 0 Å². The second kappa shape index (κ2) is 7.38. The van der Waals surface area contributed by atoms with Gasteiger partial charge in [0.05, 0.1) is 6.04 Å². The summed E-state index contributed by atoms with van der Waals surface area (Å²) in [5, 5.41) is 8.57. The van der Waals surface area contributed by atoms with E-state index in [0.29, 0.717) is 5.91 Å². The summed E-state index contributed by atoms with van der Waals surface area (Å²) >= 11 is 0. The first-order valence-electron chi connectivity index (χ1n) is 9.60. The van der Waals surface area contributed by atoms with Crippen LogP contribution in [-0.2, 0) is 4.79 Å². The molecule has 1 unspecified atom stereocenters. The lowest BCUT2D eigenvalue weighted by Crippen LogP contribution is -2.43. The molecule has 4 rings (SSSR count). The van der Waals surface area contributed by atoms with Crippen molar-refractivity contribution in [1.29, 1.82) is 0 Å². The van der Waals surface area contributed by atoms with Gasteiger partial charge in [0, 0.05) is 18.2 Å². The second-order valence-corrected chi connectivity index (χ2v) is 7.27. The van der Waals surface area contributed by atoms with E-state index < -0.39 is 0 Å². The minimum absolute atomic E-state index is 0.0471. The van der Waals surface area contributed by atoms with E-state index in [1.165, 1.54) is 19.3 Å². The fourth-order valence-corrected chi connectivity index (χ4v) is 4.31. The van der Waals surface area contributed by atoms with Crippen molar-refractivity contribution in [2.45, 2.75) is 57.4 Å². The molecule has 1 amide bonds. The number of hydrogen-bond donors (Lipinski definition) is 0. The first kappa shape index (κ1) is 16.3. The van der Waals surface area contributed by atoms with E-state index in [0.717, 1.165) is 50.2 Å². The highest BCUT2D eigenvalue weighted by Crippen LogP contribution is 2.34. The minimum Gasteiger partial charge on any atom is -0.332 e. The van der Waals surface area contributed by atoms with E-state index in [9.17, 15) is 4.79 Å². The van der Waals surface area contributed by atoms with Crippen molar-refractivity contribution >= 4 is 5.91 Å². The molecular weight excluding hydrogens is 312 g/mol. The van der Waals surface area contributed by atoms with Crippen LogP contribution in [0.5, 0.6) is 0 Å². The third-order valence-electron chi connectivity index (χ3n) is 5.65. The summed E-state index contributed by atoms with van der Waals surface area (Å²) in [6.45, 7) is 0.849. The summed E-state index contributed by atoms with van der Waals surface area (Å²) in [4.78, 5) is 15.3. The van der Waals surface area contributed by atoms with Gasteiger partial charge in [-0.15, -0.1) is 10.2 Å². The number of piperidine rings is 1. The van der Waals surface area contributed by atoms with Crippen molar-refractivity contribution in [3.63, 3.8) is 0 Å². The number of carbonyl (C=O) groups is 1. The normalized spacial score (nSPS) is 22.1. The fraction of sp³-hybridized carbons (Fsp3) is 0.550. The van der Waals surface area contributed by atoms with Crippen molar-refractivity contribution < 1.29 is 4.79 Å². The zero-order valence-corrected chi connectivity index (χ0v) is 14.7. The van der Waals surface area contributed by atoms with Crippen LogP contribution in [-0.4, -0.2) is 32.1 Å². The lowest BCUT2D eigenvalue weighted by atomic mass is 9.87. The molecule has 25 heavy (non-hydrogen) atoms. The Morgan fingerprint density at radius 2 is 1.72 bits per heavy atom. The number of hydrogen-bond acceptors (Lipinski definition) is 3. The van der Waals surface area contributed by atoms with E-state index >= 15 is 0 Å². The van der Waals surface area contributed by atoms with Crippen LogP contribution in [0.3, 0.4) is 0 Å². The summed E-state index contributed by atoms with van der Waals surface area (Å²) in [5.74, 6) is 1.45. The van der Waals surface area contributed by atoms with Gasteiger partial charge in [0.2, 0.25) is 5.91 Å². The molecule has 1 aromatic carbocycles. The van der Waals surface area contributed by atoms with Gasteiger partial charge in [-0.3, -0.25) is 9.36 Å². The van der Waals surface area contributed by atoms with E-state index in [2.05, 4.69) is 27.2 Å². The minimum atomic E-state index is 0.0471. The van der Waals surface area contributed by atoms with Crippen molar-refractivity contribution in [2.24, 2.45) is 5.92 Å². The van der Waals surface area contributed by atoms with Gasteiger partial charge in [-0.2, -0.15) is 0 Å². The largest absolute Gasteiger partial charge is 0.332 e. The molecule has 2 heterocycles. The molecule has 0 N–H and O–H groups in total. The van der Waals surface area contributed by atoms with E-state index in [-0.39, 0.29) is 12.0 Å². The van der Waals surface area contributed by atoms with Crippen LogP contribution in [0, 0.1) is 5.92 Å². The van der Waals surface area contributed by atoms with Gasteiger partial charge < -0.3 is 4.90 Å². The number of rotatable bonds is 3. The molecular formula is C20H26N4O. The number of amides is 1. The average molecular weight is 338 g/mol. The molecule has 5 heteroatoms. The number of carbonyl (C=O) groups excluding carboxylic acids is 1. The summed E-state index contributed by atoms with van der Waals surface area (Å²) in [6.07, 6.45) is 10.7. The molecule has 0 radical (unpaired) electrons. The van der Waals surface area contributed by atoms with Crippen molar-refractivity contribution in [1.82, 2.24) is 19.7 Å². The summed E-state index contributed by atoms with van der Waals surface area (Å²) in [7, 11) is 0. The monoisotopic (exact) mass is 338 g/mol. The Balaban J connectivity index is 1.62. The lowest BCUT2D eigenvalue weighted by Gasteiger charge is -2.38. The maximum atomic E-state index is 13.2. The molecule has 2 aliphatic rings. The SMILES string of the molecule is O=C(C1CCCCC1)N1CCCCC1c1nncn1-c1ccccc1. The predicted molar refractivity (Wildman–Crippen MR) is 96.2 cm³/mol. The summed E-state index contributed by atoms with van der Waals surface area (Å²) < 4.78 is 2.04. The van der Waals surface area contributed by atoms with Gasteiger partial charge in [-0.1, -0.05) is 37.5 Å². The van der Waals surface area contributed by atoms with Gasteiger partial charge in [-0.05, 0) is 44.2 Å². The first-order valence-corrected chi connectivity index (χ1v) is 9.60. The molecule has 0 spiro atoms. The highest BCUT2D eigenvalue weighted by Gasteiger charge is 2.35. The Hall–Kier alpha value is -2.17. The fourth-order valence-electron chi connectivity index (χ4n) is 4.31.